The van der Waals surface area contributed by atoms with Gasteiger partial charge in [-0.25, -0.2) is 0 Å². The first-order valence-electron chi connectivity index (χ1n) is 17.3. The van der Waals surface area contributed by atoms with E-state index in [1.165, 1.54) is 25.7 Å². The molecule has 0 unspecified atom stereocenters. The fraction of sp³-hybridized carbons (Fsp3) is 0.941. The summed E-state index contributed by atoms with van der Waals surface area (Å²) in [6.45, 7) is -0.0492. The van der Waals surface area contributed by atoms with Crippen molar-refractivity contribution in [3.63, 3.8) is 0 Å². The van der Waals surface area contributed by atoms with Crippen molar-refractivity contribution in [3.05, 3.63) is 0 Å². The lowest BCUT2D eigenvalue weighted by atomic mass is 9.49. The topological polar surface area (TPSA) is 165 Å². The average molecular weight is 607 g/mol. The van der Waals surface area contributed by atoms with Gasteiger partial charge in [-0.15, -0.1) is 0 Å². The van der Waals surface area contributed by atoms with Crippen molar-refractivity contribution in [3.8, 4) is 0 Å². The maximum atomic E-state index is 12.3. The SMILES string of the molecule is O.O=C(O)[C@@]12CCC[C@@](CO)(C1)OC21C2CCCC1CCC2.O=C(O)[C@]12CCC[C@](CO)(C1)OC21C2CCCC1CCC2. The van der Waals surface area contributed by atoms with Crippen molar-refractivity contribution >= 4 is 11.9 Å². The van der Waals surface area contributed by atoms with Crippen molar-refractivity contribution < 1.29 is 45.0 Å². The number of ether oxygens (including phenoxy) is 2. The minimum Gasteiger partial charge on any atom is -0.481 e. The molecule has 0 amide bonds. The van der Waals surface area contributed by atoms with Crippen LogP contribution in [0.4, 0.5) is 0 Å². The number of carbonyl (C=O) groups is 2. The van der Waals surface area contributed by atoms with E-state index in [1.54, 1.807) is 0 Å². The van der Waals surface area contributed by atoms with Crippen molar-refractivity contribution in [2.75, 3.05) is 13.2 Å². The first-order valence-corrected chi connectivity index (χ1v) is 17.3. The predicted molar refractivity (Wildman–Crippen MR) is 157 cm³/mol. The molecular weight excluding hydrogens is 552 g/mol. The van der Waals surface area contributed by atoms with Crippen LogP contribution in [0.1, 0.15) is 128 Å². The molecular formula is C34H54O9. The second-order valence-corrected chi connectivity index (χ2v) is 15.8. The number of hydrogen-bond donors (Lipinski definition) is 4. The molecule has 8 fully saturated rings. The molecule has 244 valence electrons. The van der Waals surface area contributed by atoms with E-state index >= 15 is 0 Å². The Kier molecular flexibility index (Phi) is 8.06. The molecule has 9 nitrogen and oxygen atoms in total. The number of fused-ring (bicyclic) bond motifs is 4. The van der Waals surface area contributed by atoms with E-state index < -0.39 is 45.2 Å². The van der Waals surface area contributed by atoms with Crippen LogP contribution in [0.2, 0.25) is 0 Å². The normalized spacial score (nSPS) is 50.8. The van der Waals surface area contributed by atoms with Gasteiger partial charge in [-0.2, -0.15) is 0 Å². The third-order valence-corrected chi connectivity index (χ3v) is 14.2. The lowest BCUT2D eigenvalue weighted by Gasteiger charge is -2.56. The predicted octanol–water partition coefficient (Wildman–Crippen LogP) is 4.64. The molecule has 43 heavy (non-hydrogen) atoms. The molecule has 4 atom stereocenters. The zero-order valence-corrected chi connectivity index (χ0v) is 25.8. The molecule has 8 aliphatic rings. The molecule has 2 heterocycles. The smallest absolute Gasteiger partial charge is 0.312 e. The molecule has 8 bridgehead atoms. The van der Waals surface area contributed by atoms with Crippen molar-refractivity contribution in [2.24, 2.45) is 34.5 Å². The molecule has 0 aromatic heterocycles. The summed E-state index contributed by atoms with van der Waals surface area (Å²) in [5.74, 6) is 0.188. The standard InChI is InChI=1S/2C17H26O4.H2O/c2*18-11-15-8-3-9-16(10-15,14(19)20)17(21-15)12-4-1-5-13(17)7-2-6-12;/h2*12-13,18H,1-11H2,(H,19,20);1H2/t2*12?,13?,15-,16+,17?;/m10./s1. The van der Waals surface area contributed by atoms with Gasteiger partial charge in [-0.1, -0.05) is 25.7 Å². The number of aliphatic hydroxyl groups is 2. The first-order chi connectivity index (χ1) is 20.2. The minimum absolute atomic E-state index is 0. The van der Waals surface area contributed by atoms with Crippen molar-refractivity contribution in [1.82, 2.24) is 0 Å². The molecule has 0 aromatic carbocycles. The number of carboxylic acid groups (broad SMARTS) is 2. The number of aliphatic hydroxyl groups excluding tert-OH is 2. The fourth-order valence-electron chi connectivity index (χ4n) is 13.0. The molecule has 6 N–H and O–H groups in total. The third kappa shape index (κ3) is 4.06. The second-order valence-electron chi connectivity index (χ2n) is 15.8. The van der Waals surface area contributed by atoms with Crippen LogP contribution in [-0.4, -0.2) is 73.5 Å². The highest BCUT2D eigenvalue weighted by atomic mass is 16.6. The van der Waals surface area contributed by atoms with Gasteiger partial charge in [-0.05, 0) is 126 Å². The van der Waals surface area contributed by atoms with Crippen molar-refractivity contribution in [2.45, 2.75) is 151 Å². The zero-order valence-electron chi connectivity index (χ0n) is 25.8. The van der Waals surface area contributed by atoms with Crippen LogP contribution in [-0.2, 0) is 19.1 Å². The maximum absolute atomic E-state index is 12.3. The van der Waals surface area contributed by atoms with Crippen LogP contribution in [0.3, 0.4) is 0 Å². The highest BCUT2D eigenvalue weighted by Gasteiger charge is 2.76. The summed E-state index contributed by atoms with van der Waals surface area (Å²) in [6.07, 6.45) is 19.6. The first kappa shape index (κ1) is 31.7. The number of hydrogen-bond acceptors (Lipinski definition) is 6. The number of rotatable bonds is 4. The highest BCUT2D eigenvalue weighted by Crippen LogP contribution is 2.70. The van der Waals surface area contributed by atoms with E-state index in [9.17, 15) is 30.0 Å². The molecule has 8 rings (SSSR count). The van der Waals surface area contributed by atoms with Gasteiger partial charge < -0.3 is 35.4 Å². The summed E-state index contributed by atoms with van der Waals surface area (Å²) in [7, 11) is 0. The quantitative estimate of drug-likeness (QED) is 0.359. The molecule has 2 saturated heterocycles. The Bertz CT molecular complexity index is 966. The minimum atomic E-state index is -0.746. The van der Waals surface area contributed by atoms with Crippen LogP contribution in [0.15, 0.2) is 0 Å². The molecule has 6 aliphatic carbocycles. The van der Waals surface area contributed by atoms with Gasteiger partial charge in [0.15, 0.2) is 0 Å². The number of aliphatic carboxylic acids is 2. The molecule has 9 heteroatoms. The van der Waals surface area contributed by atoms with E-state index in [2.05, 4.69) is 0 Å². The summed E-state index contributed by atoms with van der Waals surface area (Å²) in [5.41, 5.74) is -3.64. The van der Waals surface area contributed by atoms with Crippen LogP contribution < -0.4 is 0 Å². The Hall–Kier alpha value is -1.26. The zero-order chi connectivity index (χ0) is 29.4. The fourth-order valence-corrected chi connectivity index (χ4v) is 13.0. The number of carboxylic acids is 2. The van der Waals surface area contributed by atoms with Crippen LogP contribution in [0.25, 0.3) is 0 Å². The van der Waals surface area contributed by atoms with Crippen LogP contribution in [0, 0.1) is 34.5 Å². The monoisotopic (exact) mass is 606 g/mol. The summed E-state index contributed by atoms with van der Waals surface area (Å²) in [5, 5.41) is 40.1. The van der Waals surface area contributed by atoms with Crippen molar-refractivity contribution in [1.29, 1.82) is 0 Å². The summed E-state index contributed by atoms with van der Waals surface area (Å²) in [4.78, 5) is 24.7. The molecule has 0 aromatic rings. The van der Waals surface area contributed by atoms with Gasteiger partial charge >= 0.3 is 11.9 Å². The maximum Gasteiger partial charge on any atom is 0.312 e. The molecule has 2 spiro atoms. The van der Waals surface area contributed by atoms with Gasteiger partial charge in [0.05, 0.1) is 35.6 Å². The molecule has 0 radical (unpaired) electrons. The van der Waals surface area contributed by atoms with Gasteiger partial charge in [0, 0.05) is 0 Å². The van der Waals surface area contributed by atoms with Gasteiger partial charge in [0.25, 0.3) is 0 Å². The Morgan fingerprint density at radius 3 is 1.09 bits per heavy atom. The Balaban J connectivity index is 0.000000150. The lowest BCUT2D eigenvalue weighted by Crippen LogP contribution is -2.62. The summed E-state index contributed by atoms with van der Waals surface area (Å²) >= 11 is 0. The lowest BCUT2D eigenvalue weighted by molar-refractivity contribution is -0.225. The third-order valence-electron chi connectivity index (χ3n) is 14.2. The second kappa shape index (κ2) is 10.9. The summed E-state index contributed by atoms with van der Waals surface area (Å²) in [6, 6.07) is 0. The van der Waals surface area contributed by atoms with E-state index in [1.807, 2.05) is 0 Å². The van der Waals surface area contributed by atoms with E-state index in [0.29, 0.717) is 36.5 Å². The average Bonchev–Trinajstić information content (AvgIpc) is 3.29. The van der Waals surface area contributed by atoms with Gasteiger partial charge in [-0.3, -0.25) is 9.59 Å². The van der Waals surface area contributed by atoms with E-state index in [0.717, 1.165) is 89.9 Å². The Morgan fingerprint density at radius 1 is 0.535 bits per heavy atom. The van der Waals surface area contributed by atoms with E-state index in [4.69, 9.17) is 9.47 Å². The Labute approximate surface area is 255 Å². The largest absolute Gasteiger partial charge is 0.481 e. The van der Waals surface area contributed by atoms with Crippen LogP contribution in [0.5, 0.6) is 0 Å². The highest BCUT2D eigenvalue weighted by molar-refractivity contribution is 5.78. The van der Waals surface area contributed by atoms with Crippen LogP contribution >= 0.6 is 0 Å². The summed E-state index contributed by atoms with van der Waals surface area (Å²) < 4.78 is 13.3. The Morgan fingerprint density at radius 2 is 0.837 bits per heavy atom. The van der Waals surface area contributed by atoms with E-state index in [-0.39, 0.29) is 18.7 Å². The van der Waals surface area contributed by atoms with Gasteiger partial charge in [0.1, 0.15) is 10.8 Å². The molecule has 2 aliphatic heterocycles. The molecule has 6 saturated carbocycles. The van der Waals surface area contributed by atoms with Gasteiger partial charge in [0.2, 0.25) is 0 Å².